The van der Waals surface area contributed by atoms with E-state index in [1.54, 1.807) is 12.1 Å². The van der Waals surface area contributed by atoms with Crippen molar-refractivity contribution >= 4 is 61.1 Å². The molecule has 2 rings (SSSR count). The molecule has 10 heteroatoms. The number of nitrogens with zero attached hydrogens (tertiary/aromatic N) is 3. The fourth-order valence-electron chi connectivity index (χ4n) is 2.32. The summed E-state index contributed by atoms with van der Waals surface area (Å²) in [6.45, 7) is -0.402. The Labute approximate surface area is 178 Å². The number of hydrogen-bond acceptors (Lipinski definition) is 5. The Kier molecular flexibility index (Phi) is 7.45. The number of nitrogens with one attached hydrogen (secondary N) is 1. The van der Waals surface area contributed by atoms with Gasteiger partial charge in [-0.25, -0.2) is 13.8 Å². The number of benzene rings is 2. The highest BCUT2D eigenvalue weighted by Gasteiger charge is 2.20. The summed E-state index contributed by atoms with van der Waals surface area (Å²) >= 11 is 9.31. The molecule has 28 heavy (non-hydrogen) atoms. The Hall–Kier alpha value is -2.10. The van der Waals surface area contributed by atoms with Crippen LogP contribution in [0.5, 0.6) is 0 Å². The molecule has 7 nitrogen and oxygen atoms in total. The second-order valence-electron chi connectivity index (χ2n) is 6.14. The molecule has 0 heterocycles. The molecule has 0 saturated heterocycles. The number of hydrogen-bond donors (Lipinski definition) is 1. The molecule has 2 aromatic carbocycles. The van der Waals surface area contributed by atoms with Gasteiger partial charge in [-0.2, -0.15) is 5.10 Å². The van der Waals surface area contributed by atoms with Crippen LogP contribution in [0.15, 0.2) is 52.0 Å². The summed E-state index contributed by atoms with van der Waals surface area (Å²) in [5, 5.41) is 4.37. The number of halogens is 2. The van der Waals surface area contributed by atoms with Gasteiger partial charge in [0.25, 0.3) is 5.91 Å². The average molecular weight is 488 g/mol. The van der Waals surface area contributed by atoms with Gasteiger partial charge in [-0.3, -0.25) is 9.10 Å². The van der Waals surface area contributed by atoms with Gasteiger partial charge >= 0.3 is 0 Å². The minimum absolute atomic E-state index is 0.342. The third-order valence-corrected chi connectivity index (χ3v) is 5.69. The van der Waals surface area contributed by atoms with E-state index in [1.807, 2.05) is 37.2 Å². The average Bonchev–Trinajstić information content (AvgIpc) is 2.59. The molecule has 0 bridgehead atoms. The first-order valence-electron chi connectivity index (χ1n) is 8.10. The lowest BCUT2D eigenvalue weighted by Crippen LogP contribution is -2.38. The van der Waals surface area contributed by atoms with Gasteiger partial charge in [0.15, 0.2) is 0 Å². The summed E-state index contributed by atoms with van der Waals surface area (Å²) < 4.78 is 25.9. The topological polar surface area (TPSA) is 82.1 Å². The van der Waals surface area contributed by atoms with Gasteiger partial charge in [-0.15, -0.1) is 0 Å². The fourth-order valence-corrected chi connectivity index (χ4v) is 4.05. The predicted molar refractivity (Wildman–Crippen MR) is 118 cm³/mol. The Morgan fingerprint density at radius 3 is 2.39 bits per heavy atom. The first kappa shape index (κ1) is 22.2. The van der Waals surface area contributed by atoms with Gasteiger partial charge in [-0.05, 0) is 57.9 Å². The van der Waals surface area contributed by atoms with E-state index in [1.165, 1.54) is 18.3 Å². The molecule has 0 radical (unpaired) electrons. The number of carbonyl (C=O) groups is 1. The maximum Gasteiger partial charge on any atom is 0.260 e. The van der Waals surface area contributed by atoms with Crippen LogP contribution in [0.1, 0.15) is 5.56 Å². The van der Waals surface area contributed by atoms with Crippen molar-refractivity contribution in [3.8, 4) is 0 Å². The highest BCUT2D eigenvalue weighted by Crippen LogP contribution is 2.25. The van der Waals surface area contributed by atoms with Crippen LogP contribution < -0.4 is 14.6 Å². The molecular formula is C18H20BrClN4O3S. The van der Waals surface area contributed by atoms with E-state index in [9.17, 15) is 13.2 Å². The van der Waals surface area contributed by atoms with Crippen LogP contribution in [0.3, 0.4) is 0 Å². The SMILES string of the molecule is CN(C)c1ccc(/C=N\NC(=O)CN(c2ccc(Cl)cc2)S(C)(=O)=O)cc1Br. The van der Waals surface area contributed by atoms with Crippen molar-refractivity contribution < 1.29 is 13.2 Å². The molecule has 0 fully saturated rings. The second-order valence-corrected chi connectivity index (χ2v) is 9.34. The number of amides is 1. The van der Waals surface area contributed by atoms with Crippen LogP contribution in [0.4, 0.5) is 11.4 Å². The summed E-state index contributed by atoms with van der Waals surface area (Å²) in [4.78, 5) is 14.1. The van der Waals surface area contributed by atoms with Crippen molar-refractivity contribution in [2.45, 2.75) is 0 Å². The van der Waals surface area contributed by atoms with Gasteiger partial charge < -0.3 is 4.90 Å². The number of hydrazone groups is 1. The Balaban J connectivity index is 2.06. The number of anilines is 2. The van der Waals surface area contributed by atoms with Crippen molar-refractivity contribution in [2.75, 3.05) is 36.1 Å². The molecule has 150 valence electrons. The van der Waals surface area contributed by atoms with Crippen LogP contribution in [0, 0.1) is 0 Å². The fraction of sp³-hybridized carbons (Fsp3) is 0.222. The molecule has 0 unspecified atom stereocenters. The number of rotatable bonds is 7. The van der Waals surface area contributed by atoms with Crippen molar-refractivity contribution in [1.29, 1.82) is 0 Å². The maximum atomic E-state index is 12.2. The largest absolute Gasteiger partial charge is 0.377 e. The maximum absolute atomic E-state index is 12.2. The van der Waals surface area contributed by atoms with Crippen molar-refractivity contribution in [3.63, 3.8) is 0 Å². The first-order chi connectivity index (χ1) is 13.1. The molecule has 0 saturated carbocycles. The molecule has 1 N–H and O–H groups in total. The van der Waals surface area contributed by atoms with Crippen molar-refractivity contribution in [1.82, 2.24) is 5.43 Å². The normalized spacial score (nSPS) is 11.5. The van der Waals surface area contributed by atoms with Gasteiger partial charge in [0.1, 0.15) is 6.54 Å². The van der Waals surface area contributed by atoms with Gasteiger partial charge in [0, 0.05) is 23.6 Å². The molecule has 1 amide bonds. The van der Waals surface area contributed by atoms with E-state index in [-0.39, 0.29) is 0 Å². The summed E-state index contributed by atoms with van der Waals surface area (Å²) in [6, 6.07) is 11.8. The highest BCUT2D eigenvalue weighted by atomic mass is 79.9. The monoisotopic (exact) mass is 486 g/mol. The molecule has 0 spiro atoms. The van der Waals surface area contributed by atoms with E-state index in [2.05, 4.69) is 26.5 Å². The van der Waals surface area contributed by atoms with Crippen LogP contribution in [-0.2, 0) is 14.8 Å². The van der Waals surface area contributed by atoms with Gasteiger partial charge in [0.2, 0.25) is 10.0 Å². The molecular weight excluding hydrogens is 468 g/mol. The third-order valence-electron chi connectivity index (χ3n) is 3.66. The van der Waals surface area contributed by atoms with E-state index in [0.29, 0.717) is 10.7 Å². The Morgan fingerprint density at radius 2 is 1.86 bits per heavy atom. The zero-order valence-electron chi connectivity index (χ0n) is 15.6. The van der Waals surface area contributed by atoms with Crippen LogP contribution >= 0.6 is 27.5 Å². The van der Waals surface area contributed by atoms with Crippen molar-refractivity contribution in [2.24, 2.45) is 5.10 Å². The van der Waals surface area contributed by atoms with Crippen LogP contribution in [-0.4, -0.2) is 47.4 Å². The zero-order valence-corrected chi connectivity index (χ0v) is 18.7. The Morgan fingerprint density at radius 1 is 1.21 bits per heavy atom. The summed E-state index contributed by atoms with van der Waals surface area (Å²) in [5.41, 5.74) is 4.47. The van der Waals surface area contributed by atoms with Gasteiger partial charge in [-0.1, -0.05) is 17.7 Å². The molecule has 0 aromatic heterocycles. The summed E-state index contributed by atoms with van der Waals surface area (Å²) in [6.07, 6.45) is 2.51. The second kappa shape index (κ2) is 9.40. The standard InChI is InChI=1S/C18H20BrClN4O3S/c1-23(2)17-9-4-13(10-16(17)19)11-21-22-18(25)12-24(28(3,26)27)15-7-5-14(20)6-8-15/h4-11H,12H2,1-3H3,(H,22,25)/b21-11-. The zero-order chi connectivity index (χ0) is 20.9. The lowest BCUT2D eigenvalue weighted by Gasteiger charge is -2.21. The molecule has 2 aromatic rings. The summed E-state index contributed by atoms with van der Waals surface area (Å²) in [5.74, 6) is -0.569. The first-order valence-corrected chi connectivity index (χ1v) is 11.1. The lowest BCUT2D eigenvalue weighted by molar-refractivity contribution is -0.119. The molecule has 0 aliphatic carbocycles. The molecule has 0 aliphatic heterocycles. The van der Waals surface area contributed by atoms with E-state index >= 15 is 0 Å². The van der Waals surface area contributed by atoms with Crippen LogP contribution in [0.2, 0.25) is 5.02 Å². The molecule has 0 aliphatic rings. The Bertz CT molecular complexity index is 979. The van der Waals surface area contributed by atoms with Crippen molar-refractivity contribution in [3.05, 3.63) is 57.5 Å². The van der Waals surface area contributed by atoms with Gasteiger partial charge in [0.05, 0.1) is 23.8 Å². The quantitative estimate of drug-likeness (QED) is 0.481. The van der Waals surface area contributed by atoms with E-state index in [4.69, 9.17) is 11.6 Å². The number of carbonyl (C=O) groups excluding carboxylic acids is 1. The number of sulfonamides is 1. The highest BCUT2D eigenvalue weighted by molar-refractivity contribution is 9.10. The molecule has 0 atom stereocenters. The summed E-state index contributed by atoms with van der Waals surface area (Å²) in [7, 11) is 0.211. The lowest BCUT2D eigenvalue weighted by atomic mass is 10.2. The third kappa shape index (κ3) is 6.22. The smallest absolute Gasteiger partial charge is 0.260 e. The predicted octanol–water partition coefficient (Wildman–Crippen LogP) is 3.08. The minimum atomic E-state index is -3.65. The minimum Gasteiger partial charge on any atom is -0.377 e. The van der Waals surface area contributed by atoms with E-state index in [0.717, 1.165) is 26.3 Å². The van der Waals surface area contributed by atoms with E-state index < -0.39 is 22.5 Å². The van der Waals surface area contributed by atoms with Crippen LogP contribution in [0.25, 0.3) is 0 Å².